The van der Waals surface area contributed by atoms with Gasteiger partial charge in [0.1, 0.15) is 0 Å². The summed E-state index contributed by atoms with van der Waals surface area (Å²) in [5, 5.41) is 8.03. The summed E-state index contributed by atoms with van der Waals surface area (Å²) in [5.74, 6) is 1.74. The van der Waals surface area contributed by atoms with E-state index in [4.69, 9.17) is 9.47 Å². The molecule has 1 aromatic carbocycles. The fourth-order valence-electron chi connectivity index (χ4n) is 2.43. The topological polar surface area (TPSA) is 30.5 Å². The third-order valence-electron chi connectivity index (χ3n) is 3.91. The van der Waals surface area contributed by atoms with Gasteiger partial charge in [0.2, 0.25) is 6.79 Å². The average molecular weight is 303 g/mol. The van der Waals surface area contributed by atoms with Gasteiger partial charge in [0.25, 0.3) is 0 Å². The van der Waals surface area contributed by atoms with E-state index in [9.17, 15) is 0 Å². The van der Waals surface area contributed by atoms with Crippen LogP contribution >= 0.6 is 11.3 Å². The molecule has 2 aromatic rings. The maximum absolute atomic E-state index is 5.42. The lowest BCUT2D eigenvalue weighted by molar-refractivity contribution is 0.174. The van der Waals surface area contributed by atoms with E-state index in [1.54, 1.807) is 11.3 Å². The van der Waals surface area contributed by atoms with E-state index < -0.39 is 0 Å². The van der Waals surface area contributed by atoms with Crippen LogP contribution in [0, 0.1) is 6.92 Å². The van der Waals surface area contributed by atoms with Crippen LogP contribution in [0.15, 0.2) is 29.0 Å². The second-order valence-corrected chi connectivity index (χ2v) is 6.33. The van der Waals surface area contributed by atoms with Gasteiger partial charge in [-0.05, 0) is 66.3 Å². The Morgan fingerprint density at radius 1 is 1.24 bits per heavy atom. The van der Waals surface area contributed by atoms with Gasteiger partial charge in [0.05, 0.1) is 0 Å². The molecular weight excluding hydrogens is 282 g/mol. The first-order valence-electron chi connectivity index (χ1n) is 7.36. The van der Waals surface area contributed by atoms with Crippen LogP contribution in [0.4, 0.5) is 0 Å². The van der Waals surface area contributed by atoms with Gasteiger partial charge in [-0.25, -0.2) is 0 Å². The molecule has 3 rings (SSSR count). The minimum atomic E-state index is 0.344. The first-order valence-corrected chi connectivity index (χ1v) is 8.30. The average Bonchev–Trinajstić information content (AvgIpc) is 3.11. The molecule has 4 heteroatoms. The zero-order valence-electron chi connectivity index (χ0n) is 12.5. The second-order valence-electron chi connectivity index (χ2n) is 5.59. The Kier molecular flexibility index (Phi) is 4.46. The smallest absolute Gasteiger partial charge is 0.231 e. The summed E-state index contributed by atoms with van der Waals surface area (Å²) in [5.41, 5.74) is 4.10. The summed E-state index contributed by atoms with van der Waals surface area (Å²) in [6, 6.07) is 6.72. The standard InChI is InChI=1S/C17H21NO2S/c1-12-9-21-10-15(12)8-18-13(2)3-4-14-5-6-16-17(7-14)20-11-19-16/h5-7,9-10,13,18H,3-4,8,11H2,1-2H3. The van der Waals surface area contributed by atoms with Gasteiger partial charge in [-0.1, -0.05) is 6.07 Å². The van der Waals surface area contributed by atoms with Crippen molar-refractivity contribution in [3.63, 3.8) is 0 Å². The molecule has 0 radical (unpaired) electrons. The molecule has 3 nitrogen and oxygen atoms in total. The minimum absolute atomic E-state index is 0.344. The van der Waals surface area contributed by atoms with Crippen molar-refractivity contribution in [1.29, 1.82) is 0 Å². The van der Waals surface area contributed by atoms with E-state index in [1.165, 1.54) is 16.7 Å². The van der Waals surface area contributed by atoms with E-state index in [2.05, 4.69) is 42.1 Å². The van der Waals surface area contributed by atoms with Gasteiger partial charge in [0.15, 0.2) is 11.5 Å². The first-order chi connectivity index (χ1) is 10.2. The van der Waals surface area contributed by atoms with Crippen molar-refractivity contribution >= 4 is 11.3 Å². The monoisotopic (exact) mass is 303 g/mol. The molecule has 1 N–H and O–H groups in total. The number of nitrogens with one attached hydrogen (secondary N) is 1. The Morgan fingerprint density at radius 3 is 2.90 bits per heavy atom. The molecule has 0 aliphatic carbocycles. The van der Waals surface area contributed by atoms with E-state index >= 15 is 0 Å². The Morgan fingerprint density at radius 2 is 2.10 bits per heavy atom. The molecular formula is C17H21NO2S. The van der Waals surface area contributed by atoms with E-state index in [0.717, 1.165) is 30.9 Å². The summed E-state index contributed by atoms with van der Waals surface area (Å²) in [6.45, 7) is 5.72. The molecule has 2 heterocycles. The van der Waals surface area contributed by atoms with Crippen LogP contribution in [0.2, 0.25) is 0 Å². The second kappa shape index (κ2) is 6.50. The highest BCUT2D eigenvalue weighted by Gasteiger charge is 2.13. The Bertz CT molecular complexity index is 609. The van der Waals surface area contributed by atoms with Crippen LogP contribution in [0.3, 0.4) is 0 Å². The number of thiophene rings is 1. The van der Waals surface area contributed by atoms with Crippen molar-refractivity contribution in [2.45, 2.75) is 39.3 Å². The summed E-state index contributed by atoms with van der Waals surface area (Å²) < 4.78 is 10.8. The maximum atomic E-state index is 5.42. The highest BCUT2D eigenvalue weighted by Crippen LogP contribution is 2.32. The fourth-order valence-corrected chi connectivity index (χ4v) is 3.29. The lowest BCUT2D eigenvalue weighted by Crippen LogP contribution is -2.26. The number of hydrogen-bond donors (Lipinski definition) is 1. The predicted molar refractivity (Wildman–Crippen MR) is 86.2 cm³/mol. The number of hydrogen-bond acceptors (Lipinski definition) is 4. The summed E-state index contributed by atoms with van der Waals surface area (Å²) in [4.78, 5) is 0. The van der Waals surface area contributed by atoms with E-state index in [0.29, 0.717) is 12.8 Å². The van der Waals surface area contributed by atoms with Gasteiger partial charge in [-0.2, -0.15) is 11.3 Å². The van der Waals surface area contributed by atoms with Crippen LogP contribution in [0.25, 0.3) is 0 Å². The van der Waals surface area contributed by atoms with Crippen molar-refractivity contribution in [2.75, 3.05) is 6.79 Å². The van der Waals surface area contributed by atoms with Gasteiger partial charge in [0, 0.05) is 12.6 Å². The maximum Gasteiger partial charge on any atom is 0.231 e. The normalized spacial score (nSPS) is 14.4. The molecule has 1 unspecified atom stereocenters. The molecule has 0 spiro atoms. The molecule has 0 saturated heterocycles. The van der Waals surface area contributed by atoms with Crippen molar-refractivity contribution in [3.8, 4) is 11.5 Å². The van der Waals surface area contributed by atoms with Crippen LogP contribution in [0.1, 0.15) is 30.0 Å². The van der Waals surface area contributed by atoms with Crippen LogP contribution in [0.5, 0.6) is 11.5 Å². The van der Waals surface area contributed by atoms with Crippen molar-refractivity contribution < 1.29 is 9.47 Å². The molecule has 0 amide bonds. The number of fused-ring (bicyclic) bond motifs is 1. The molecule has 112 valence electrons. The molecule has 0 fully saturated rings. The molecule has 21 heavy (non-hydrogen) atoms. The lowest BCUT2D eigenvalue weighted by atomic mass is 10.1. The fraction of sp³-hybridized carbons (Fsp3) is 0.412. The van der Waals surface area contributed by atoms with E-state index in [1.807, 2.05) is 6.07 Å². The lowest BCUT2D eigenvalue weighted by Gasteiger charge is -2.14. The van der Waals surface area contributed by atoms with Crippen molar-refractivity contribution in [3.05, 3.63) is 45.6 Å². The zero-order valence-corrected chi connectivity index (χ0v) is 13.3. The van der Waals surface area contributed by atoms with Crippen LogP contribution < -0.4 is 14.8 Å². The summed E-state index contributed by atoms with van der Waals surface area (Å²) in [6.07, 6.45) is 2.16. The number of aryl methyl sites for hydroxylation is 2. The quantitative estimate of drug-likeness (QED) is 0.878. The highest BCUT2D eigenvalue weighted by atomic mass is 32.1. The minimum Gasteiger partial charge on any atom is -0.454 e. The SMILES string of the molecule is Cc1cscc1CNC(C)CCc1ccc2c(c1)OCO2. The number of rotatable bonds is 6. The summed E-state index contributed by atoms with van der Waals surface area (Å²) >= 11 is 1.77. The molecule has 1 atom stereocenters. The molecule has 1 aromatic heterocycles. The van der Waals surface area contributed by atoms with Gasteiger partial charge < -0.3 is 14.8 Å². The number of benzene rings is 1. The third-order valence-corrected chi connectivity index (χ3v) is 4.82. The van der Waals surface area contributed by atoms with Crippen molar-refractivity contribution in [1.82, 2.24) is 5.32 Å². The first kappa shape index (κ1) is 14.4. The predicted octanol–water partition coefficient (Wildman–Crippen LogP) is 3.90. The molecule has 0 bridgehead atoms. The van der Waals surface area contributed by atoms with Gasteiger partial charge in [-0.3, -0.25) is 0 Å². The molecule has 1 aliphatic rings. The highest BCUT2D eigenvalue weighted by molar-refractivity contribution is 7.08. The van der Waals surface area contributed by atoms with Crippen molar-refractivity contribution in [2.24, 2.45) is 0 Å². The van der Waals surface area contributed by atoms with Crippen LogP contribution in [-0.4, -0.2) is 12.8 Å². The van der Waals surface area contributed by atoms with Gasteiger partial charge in [-0.15, -0.1) is 0 Å². The zero-order chi connectivity index (χ0) is 14.7. The number of ether oxygens (including phenoxy) is 2. The Balaban J connectivity index is 1.47. The van der Waals surface area contributed by atoms with E-state index in [-0.39, 0.29) is 0 Å². The third kappa shape index (κ3) is 3.57. The Labute approximate surface area is 129 Å². The summed E-state index contributed by atoms with van der Waals surface area (Å²) in [7, 11) is 0. The van der Waals surface area contributed by atoms with Crippen LogP contribution in [-0.2, 0) is 13.0 Å². The molecule has 1 aliphatic heterocycles. The Hall–Kier alpha value is -1.52. The largest absolute Gasteiger partial charge is 0.454 e. The van der Waals surface area contributed by atoms with Gasteiger partial charge >= 0.3 is 0 Å². The molecule has 0 saturated carbocycles.